The molecule has 0 aliphatic heterocycles. The summed E-state index contributed by atoms with van der Waals surface area (Å²) in [5.41, 5.74) is 0.791. The third kappa shape index (κ3) is 4.71. The topological polar surface area (TPSA) is 91.2 Å². The first kappa shape index (κ1) is 22.1. The van der Waals surface area contributed by atoms with Gasteiger partial charge in [-0.3, -0.25) is 14.3 Å². The van der Waals surface area contributed by atoms with Gasteiger partial charge in [0.25, 0.3) is 5.56 Å². The number of hydrogen-bond donors (Lipinski definition) is 1. The molecular formula is C22H18F3N5O3. The predicted molar refractivity (Wildman–Crippen MR) is 116 cm³/mol. The van der Waals surface area contributed by atoms with Crippen molar-refractivity contribution in [3.8, 4) is 28.4 Å². The van der Waals surface area contributed by atoms with Crippen molar-refractivity contribution >= 4 is 17.0 Å². The van der Waals surface area contributed by atoms with E-state index in [1.807, 2.05) is 0 Å². The van der Waals surface area contributed by atoms with E-state index in [2.05, 4.69) is 20.3 Å². The maximum absolute atomic E-state index is 13.5. The summed E-state index contributed by atoms with van der Waals surface area (Å²) in [6.07, 6.45) is -1.61. The molecule has 1 aromatic carbocycles. The van der Waals surface area contributed by atoms with E-state index in [0.717, 1.165) is 0 Å². The first-order valence-corrected chi connectivity index (χ1v) is 9.67. The molecule has 4 rings (SSSR count). The minimum atomic E-state index is -4.45. The van der Waals surface area contributed by atoms with E-state index in [1.165, 1.54) is 31.2 Å². The summed E-state index contributed by atoms with van der Waals surface area (Å²) in [6, 6.07) is 11.5. The molecule has 3 aromatic heterocycles. The van der Waals surface area contributed by atoms with E-state index in [-0.39, 0.29) is 17.2 Å². The lowest BCUT2D eigenvalue weighted by molar-refractivity contribution is -0.115. The average Bonchev–Trinajstić information content (AvgIpc) is 2.82. The highest BCUT2D eigenvalue weighted by Crippen LogP contribution is 2.24. The number of fused-ring (bicyclic) bond motifs is 1. The number of rotatable bonds is 6. The average molecular weight is 457 g/mol. The minimum Gasteiger partial charge on any atom is -0.497 e. The van der Waals surface area contributed by atoms with Gasteiger partial charge in [-0.25, -0.2) is 4.98 Å². The van der Waals surface area contributed by atoms with Gasteiger partial charge >= 0.3 is 6.18 Å². The van der Waals surface area contributed by atoms with Gasteiger partial charge in [-0.05, 0) is 42.5 Å². The highest BCUT2D eigenvalue weighted by Gasteiger charge is 2.27. The molecule has 0 fully saturated rings. The zero-order valence-corrected chi connectivity index (χ0v) is 17.6. The van der Waals surface area contributed by atoms with Crippen molar-refractivity contribution in [1.82, 2.24) is 19.5 Å². The Kier molecular flexibility index (Phi) is 5.86. The SMILES string of the molecule is COc1ccc(-n2c(=O)c(-c3ccc(OC)cn3)cc3cnc(NCC(F)(F)F)nc32)cc1. The first-order chi connectivity index (χ1) is 15.8. The van der Waals surface area contributed by atoms with Gasteiger partial charge in [0.05, 0.1) is 37.4 Å². The van der Waals surface area contributed by atoms with Crippen LogP contribution in [0.25, 0.3) is 28.0 Å². The van der Waals surface area contributed by atoms with Crippen LogP contribution in [0.5, 0.6) is 11.5 Å². The zero-order valence-electron chi connectivity index (χ0n) is 17.6. The molecule has 0 saturated heterocycles. The molecule has 0 aliphatic carbocycles. The third-order valence-corrected chi connectivity index (χ3v) is 4.77. The van der Waals surface area contributed by atoms with E-state index in [0.29, 0.717) is 28.3 Å². The number of halogens is 3. The molecule has 0 bridgehead atoms. The maximum Gasteiger partial charge on any atom is 0.405 e. The Bertz CT molecular complexity index is 1340. The summed E-state index contributed by atoms with van der Waals surface area (Å²) in [4.78, 5) is 26.0. The Labute approximate surface area is 185 Å². The van der Waals surface area contributed by atoms with Crippen molar-refractivity contribution in [2.24, 2.45) is 0 Å². The van der Waals surface area contributed by atoms with Crippen molar-refractivity contribution in [3.05, 3.63) is 65.2 Å². The van der Waals surface area contributed by atoms with Crippen LogP contribution in [0.4, 0.5) is 19.1 Å². The van der Waals surface area contributed by atoms with Crippen LogP contribution in [0.2, 0.25) is 0 Å². The second-order valence-electron chi connectivity index (χ2n) is 6.92. The van der Waals surface area contributed by atoms with E-state index in [4.69, 9.17) is 9.47 Å². The second-order valence-corrected chi connectivity index (χ2v) is 6.92. The van der Waals surface area contributed by atoms with E-state index in [1.54, 1.807) is 42.5 Å². The quantitative estimate of drug-likeness (QED) is 0.471. The highest BCUT2D eigenvalue weighted by atomic mass is 19.4. The van der Waals surface area contributed by atoms with Crippen molar-refractivity contribution < 1.29 is 22.6 Å². The summed E-state index contributed by atoms with van der Waals surface area (Å²) < 4.78 is 49.5. The number of nitrogens with one attached hydrogen (secondary N) is 1. The molecule has 0 radical (unpaired) electrons. The van der Waals surface area contributed by atoms with Crippen LogP contribution >= 0.6 is 0 Å². The Morgan fingerprint density at radius 3 is 2.27 bits per heavy atom. The third-order valence-electron chi connectivity index (χ3n) is 4.77. The van der Waals surface area contributed by atoms with Gasteiger partial charge in [-0.2, -0.15) is 18.2 Å². The number of aromatic nitrogens is 4. The van der Waals surface area contributed by atoms with Crippen LogP contribution in [-0.2, 0) is 0 Å². The molecule has 0 spiro atoms. The van der Waals surface area contributed by atoms with Gasteiger partial charge in [0.2, 0.25) is 5.95 Å². The standard InChI is InChI=1S/C22H18F3N5O3/c1-32-15-5-3-14(4-6-15)30-19-13(10-27-21(29-19)28-12-22(23,24)25)9-17(20(30)31)18-8-7-16(33-2)11-26-18/h3-11H,12H2,1-2H3,(H,27,28,29). The minimum absolute atomic E-state index is 0.141. The van der Waals surface area contributed by atoms with Crippen LogP contribution in [0, 0.1) is 0 Å². The van der Waals surface area contributed by atoms with E-state index >= 15 is 0 Å². The number of nitrogens with zero attached hydrogens (tertiary/aromatic N) is 4. The van der Waals surface area contributed by atoms with Gasteiger partial charge < -0.3 is 14.8 Å². The smallest absolute Gasteiger partial charge is 0.405 e. The molecule has 33 heavy (non-hydrogen) atoms. The molecule has 170 valence electrons. The Balaban J connectivity index is 1.92. The number of benzene rings is 1. The fourth-order valence-electron chi connectivity index (χ4n) is 3.18. The molecule has 1 N–H and O–H groups in total. The number of methoxy groups -OCH3 is 2. The molecule has 3 heterocycles. The molecule has 0 saturated carbocycles. The summed E-state index contributed by atoms with van der Waals surface area (Å²) in [7, 11) is 3.02. The number of ether oxygens (including phenoxy) is 2. The molecule has 0 atom stereocenters. The molecule has 8 nitrogen and oxygen atoms in total. The lowest BCUT2D eigenvalue weighted by atomic mass is 10.1. The fourth-order valence-corrected chi connectivity index (χ4v) is 3.18. The van der Waals surface area contributed by atoms with Crippen molar-refractivity contribution in [2.45, 2.75) is 6.18 Å². The van der Waals surface area contributed by atoms with Gasteiger partial charge in [-0.15, -0.1) is 0 Å². The van der Waals surface area contributed by atoms with Crippen molar-refractivity contribution in [3.63, 3.8) is 0 Å². The fraction of sp³-hybridized carbons (Fsp3) is 0.182. The van der Waals surface area contributed by atoms with Crippen LogP contribution < -0.4 is 20.3 Å². The number of anilines is 1. The summed E-state index contributed by atoms with van der Waals surface area (Å²) in [5, 5.41) is 2.58. The van der Waals surface area contributed by atoms with Crippen LogP contribution in [0.3, 0.4) is 0 Å². The monoisotopic (exact) mass is 457 g/mol. The van der Waals surface area contributed by atoms with Crippen molar-refractivity contribution in [2.75, 3.05) is 26.1 Å². The molecular weight excluding hydrogens is 439 g/mol. The maximum atomic E-state index is 13.5. The lowest BCUT2D eigenvalue weighted by Gasteiger charge is -2.14. The zero-order chi connectivity index (χ0) is 23.6. The van der Waals surface area contributed by atoms with Gasteiger partial charge in [0, 0.05) is 11.6 Å². The lowest BCUT2D eigenvalue weighted by Crippen LogP contribution is -2.24. The molecule has 11 heteroatoms. The summed E-state index contributed by atoms with van der Waals surface area (Å²) in [6.45, 7) is -1.31. The molecule has 0 aliphatic rings. The van der Waals surface area contributed by atoms with Gasteiger partial charge in [0.15, 0.2) is 5.65 Å². The Morgan fingerprint density at radius 2 is 1.67 bits per heavy atom. The van der Waals surface area contributed by atoms with Gasteiger partial charge in [-0.1, -0.05) is 0 Å². The summed E-state index contributed by atoms with van der Waals surface area (Å²) in [5.74, 6) is 0.849. The van der Waals surface area contributed by atoms with E-state index in [9.17, 15) is 18.0 Å². The van der Waals surface area contributed by atoms with Crippen LogP contribution in [0.1, 0.15) is 0 Å². The van der Waals surface area contributed by atoms with Crippen LogP contribution in [-0.4, -0.2) is 46.5 Å². The van der Waals surface area contributed by atoms with Gasteiger partial charge in [0.1, 0.15) is 18.0 Å². The predicted octanol–water partition coefficient (Wildman–Crippen LogP) is 3.83. The molecule has 0 unspecified atom stereocenters. The van der Waals surface area contributed by atoms with Crippen molar-refractivity contribution in [1.29, 1.82) is 0 Å². The number of alkyl halides is 3. The van der Waals surface area contributed by atoms with E-state index < -0.39 is 18.3 Å². The molecule has 4 aromatic rings. The summed E-state index contributed by atoms with van der Waals surface area (Å²) >= 11 is 0. The number of hydrogen-bond acceptors (Lipinski definition) is 7. The highest BCUT2D eigenvalue weighted by molar-refractivity contribution is 5.82. The molecule has 0 amide bonds. The Morgan fingerprint density at radius 1 is 0.970 bits per heavy atom. The van der Waals surface area contributed by atoms with Crippen LogP contribution in [0.15, 0.2) is 59.7 Å². The normalized spacial score (nSPS) is 11.4. The largest absolute Gasteiger partial charge is 0.497 e. The Hall–Kier alpha value is -4.15. The number of pyridine rings is 2. The first-order valence-electron chi connectivity index (χ1n) is 9.67. The second kappa shape index (κ2) is 8.77.